The minimum Gasteiger partial charge on any atom is -0.342 e. The molecule has 0 saturated carbocycles. The van der Waals surface area contributed by atoms with Crippen LogP contribution in [-0.4, -0.2) is 29.5 Å². The van der Waals surface area contributed by atoms with Crippen molar-refractivity contribution < 1.29 is 4.52 Å². The topological polar surface area (TPSA) is 12.5 Å². The molecule has 0 spiro atoms. The predicted molar refractivity (Wildman–Crippen MR) is 47.7 cm³/mol. The van der Waals surface area contributed by atoms with Gasteiger partial charge in [-0.1, -0.05) is 13.8 Å². The molecule has 2 unspecified atom stereocenters. The van der Waals surface area contributed by atoms with Gasteiger partial charge in [0.2, 0.25) is 0 Å². The van der Waals surface area contributed by atoms with E-state index in [9.17, 15) is 0 Å². The molecule has 64 valence electrons. The Bertz CT molecular complexity index is 151. The summed E-state index contributed by atoms with van der Waals surface area (Å²) in [6.07, 6.45) is 2.76. The molecule has 2 rings (SSSR count). The van der Waals surface area contributed by atoms with Crippen molar-refractivity contribution in [3.8, 4) is 0 Å². The fraction of sp³-hybridized carbons (Fsp3) is 1.00. The minimum absolute atomic E-state index is 0.211. The lowest BCUT2D eigenvalue weighted by Gasteiger charge is -2.23. The van der Waals surface area contributed by atoms with E-state index in [1.807, 2.05) is 0 Å². The molecule has 0 bridgehead atoms. The summed E-state index contributed by atoms with van der Waals surface area (Å²) in [5.74, 6) is 0. The maximum atomic E-state index is 5.77. The quantitative estimate of drug-likeness (QED) is 0.563. The van der Waals surface area contributed by atoms with Gasteiger partial charge in [0.25, 0.3) is 0 Å². The SMILES string of the molecule is CC(C)P1OCC2CCCN21. The Morgan fingerprint density at radius 3 is 3.09 bits per heavy atom. The van der Waals surface area contributed by atoms with Crippen molar-refractivity contribution in [3.63, 3.8) is 0 Å². The fourth-order valence-corrected chi connectivity index (χ4v) is 4.14. The number of nitrogens with zero attached hydrogens (tertiary/aromatic N) is 1. The van der Waals surface area contributed by atoms with Crippen LogP contribution >= 0.6 is 8.30 Å². The van der Waals surface area contributed by atoms with Crippen molar-refractivity contribution in [2.24, 2.45) is 0 Å². The van der Waals surface area contributed by atoms with Crippen LogP contribution in [0.4, 0.5) is 0 Å². The summed E-state index contributed by atoms with van der Waals surface area (Å²) in [7, 11) is -0.211. The van der Waals surface area contributed by atoms with Crippen LogP contribution in [0.15, 0.2) is 0 Å². The van der Waals surface area contributed by atoms with E-state index in [-0.39, 0.29) is 8.30 Å². The average molecular weight is 173 g/mol. The minimum atomic E-state index is -0.211. The highest BCUT2D eigenvalue weighted by Gasteiger charge is 2.39. The molecular weight excluding hydrogens is 157 g/mol. The molecule has 0 N–H and O–H groups in total. The normalized spacial score (nSPS) is 38.5. The van der Waals surface area contributed by atoms with Crippen molar-refractivity contribution >= 4 is 8.30 Å². The number of hydrogen-bond acceptors (Lipinski definition) is 2. The van der Waals surface area contributed by atoms with Gasteiger partial charge in [0.15, 0.2) is 0 Å². The molecule has 0 aromatic heterocycles. The Hall–Kier alpha value is 0.350. The number of fused-ring (bicyclic) bond motifs is 1. The van der Waals surface area contributed by atoms with Crippen LogP contribution in [-0.2, 0) is 4.52 Å². The summed E-state index contributed by atoms with van der Waals surface area (Å²) in [5, 5.41) is 0. The van der Waals surface area contributed by atoms with E-state index in [0.29, 0.717) is 5.66 Å². The molecule has 0 amide bonds. The van der Waals surface area contributed by atoms with Crippen molar-refractivity contribution in [3.05, 3.63) is 0 Å². The van der Waals surface area contributed by atoms with E-state index in [1.54, 1.807) is 0 Å². The average Bonchev–Trinajstić information content (AvgIpc) is 2.41. The molecule has 3 heteroatoms. The van der Waals surface area contributed by atoms with Crippen LogP contribution in [0.5, 0.6) is 0 Å². The lowest BCUT2D eigenvalue weighted by Crippen LogP contribution is -2.21. The Morgan fingerprint density at radius 2 is 2.36 bits per heavy atom. The van der Waals surface area contributed by atoms with Gasteiger partial charge in [-0.15, -0.1) is 0 Å². The largest absolute Gasteiger partial charge is 0.342 e. The van der Waals surface area contributed by atoms with E-state index < -0.39 is 0 Å². The summed E-state index contributed by atoms with van der Waals surface area (Å²) in [6, 6.07) is 0.781. The van der Waals surface area contributed by atoms with Crippen molar-refractivity contribution in [2.75, 3.05) is 13.2 Å². The first kappa shape index (κ1) is 7.97. The lowest BCUT2D eigenvalue weighted by atomic mass is 10.2. The third-order valence-corrected chi connectivity index (χ3v) is 4.77. The smallest absolute Gasteiger partial charge is 0.107 e. The zero-order valence-corrected chi connectivity index (χ0v) is 8.18. The first-order chi connectivity index (χ1) is 5.29. The molecule has 2 heterocycles. The standard InChI is InChI=1S/C8H16NOP/c1-7(2)11-9-5-3-4-8(9)6-10-11/h7-8H,3-6H2,1-2H3. The van der Waals surface area contributed by atoms with E-state index >= 15 is 0 Å². The zero-order chi connectivity index (χ0) is 7.84. The van der Waals surface area contributed by atoms with Gasteiger partial charge in [-0.05, 0) is 12.8 Å². The van der Waals surface area contributed by atoms with Crippen LogP contribution in [0.3, 0.4) is 0 Å². The summed E-state index contributed by atoms with van der Waals surface area (Å²) >= 11 is 0. The van der Waals surface area contributed by atoms with Gasteiger partial charge in [0.05, 0.1) is 6.61 Å². The predicted octanol–water partition coefficient (Wildman–Crippen LogP) is 2.20. The van der Waals surface area contributed by atoms with Gasteiger partial charge in [-0.25, -0.2) is 0 Å². The van der Waals surface area contributed by atoms with Gasteiger partial charge in [-0.3, -0.25) is 4.67 Å². The summed E-state index contributed by atoms with van der Waals surface area (Å²) in [5.41, 5.74) is 0.716. The lowest BCUT2D eigenvalue weighted by molar-refractivity contribution is 0.340. The second-order valence-electron chi connectivity index (χ2n) is 3.65. The van der Waals surface area contributed by atoms with Crippen molar-refractivity contribution in [1.29, 1.82) is 0 Å². The van der Waals surface area contributed by atoms with Gasteiger partial charge >= 0.3 is 0 Å². The first-order valence-electron chi connectivity index (χ1n) is 4.48. The highest BCUT2D eigenvalue weighted by atomic mass is 31.2. The van der Waals surface area contributed by atoms with Crippen LogP contribution in [0.2, 0.25) is 0 Å². The molecule has 0 aromatic rings. The Kier molecular flexibility index (Phi) is 2.18. The summed E-state index contributed by atoms with van der Waals surface area (Å²) in [4.78, 5) is 0. The Morgan fingerprint density at radius 1 is 1.55 bits per heavy atom. The number of hydrogen-bond donors (Lipinski definition) is 0. The summed E-state index contributed by atoms with van der Waals surface area (Å²) < 4.78 is 8.37. The molecule has 0 aliphatic carbocycles. The molecule has 11 heavy (non-hydrogen) atoms. The van der Waals surface area contributed by atoms with Gasteiger partial charge in [0, 0.05) is 18.2 Å². The second kappa shape index (κ2) is 3.01. The Labute approximate surface area is 69.8 Å². The fourth-order valence-electron chi connectivity index (χ4n) is 1.93. The highest BCUT2D eigenvalue weighted by molar-refractivity contribution is 7.51. The zero-order valence-electron chi connectivity index (χ0n) is 7.29. The van der Waals surface area contributed by atoms with Crippen LogP contribution in [0, 0.1) is 0 Å². The van der Waals surface area contributed by atoms with Crippen LogP contribution in [0.25, 0.3) is 0 Å². The van der Waals surface area contributed by atoms with Crippen molar-refractivity contribution in [2.45, 2.75) is 38.4 Å². The molecule has 2 aliphatic heterocycles. The van der Waals surface area contributed by atoms with Crippen molar-refractivity contribution in [1.82, 2.24) is 4.67 Å². The highest BCUT2D eigenvalue weighted by Crippen LogP contribution is 2.54. The molecule has 0 radical (unpaired) electrons. The maximum absolute atomic E-state index is 5.77. The third kappa shape index (κ3) is 1.32. The molecule has 2 fully saturated rings. The van der Waals surface area contributed by atoms with Crippen LogP contribution < -0.4 is 0 Å². The van der Waals surface area contributed by atoms with E-state index in [1.165, 1.54) is 19.4 Å². The molecule has 2 atom stereocenters. The van der Waals surface area contributed by atoms with Crippen LogP contribution in [0.1, 0.15) is 26.7 Å². The van der Waals surface area contributed by atoms with E-state index in [4.69, 9.17) is 4.52 Å². The van der Waals surface area contributed by atoms with E-state index in [0.717, 1.165) is 12.6 Å². The number of rotatable bonds is 1. The Balaban J connectivity index is 2.03. The molecule has 2 aliphatic rings. The molecule has 2 saturated heterocycles. The first-order valence-corrected chi connectivity index (χ1v) is 5.76. The van der Waals surface area contributed by atoms with Gasteiger partial charge in [0.1, 0.15) is 8.30 Å². The maximum Gasteiger partial charge on any atom is 0.107 e. The summed E-state index contributed by atoms with van der Waals surface area (Å²) in [6.45, 7) is 6.83. The molecule has 0 aromatic carbocycles. The van der Waals surface area contributed by atoms with Gasteiger partial charge in [-0.2, -0.15) is 0 Å². The second-order valence-corrected chi connectivity index (χ2v) is 6.06. The van der Waals surface area contributed by atoms with Gasteiger partial charge < -0.3 is 4.52 Å². The van der Waals surface area contributed by atoms with E-state index in [2.05, 4.69) is 18.5 Å². The third-order valence-electron chi connectivity index (χ3n) is 2.44. The molecule has 2 nitrogen and oxygen atoms in total. The monoisotopic (exact) mass is 173 g/mol. The molecular formula is C8H16NOP.